The summed E-state index contributed by atoms with van der Waals surface area (Å²) in [6.07, 6.45) is 0.518. The van der Waals surface area contributed by atoms with Crippen LogP contribution in [0, 0.1) is 5.92 Å². The molecule has 8 heteroatoms. The van der Waals surface area contributed by atoms with E-state index in [1.165, 1.54) is 12.1 Å². The minimum Gasteiger partial charge on any atom is -0.396 e. The maximum absolute atomic E-state index is 12.1. The Labute approximate surface area is 131 Å². The highest BCUT2D eigenvalue weighted by Gasteiger charge is 2.22. The van der Waals surface area contributed by atoms with Crippen LogP contribution in [0.5, 0.6) is 0 Å². The Balaban J connectivity index is 2.95. The number of hydrogen-bond acceptors (Lipinski definition) is 3. The number of sulfonamides is 1. The Kier molecular flexibility index (Phi) is 6.56. The summed E-state index contributed by atoms with van der Waals surface area (Å²) in [5, 5.41) is 8.89. The molecule has 0 aliphatic carbocycles. The lowest BCUT2D eigenvalue weighted by Gasteiger charge is -2.13. The fourth-order valence-corrected chi connectivity index (χ4v) is 4.53. The van der Waals surface area contributed by atoms with E-state index in [0.29, 0.717) is 10.9 Å². The normalized spacial score (nSPS) is 13.5. The second-order valence-corrected chi connectivity index (χ2v) is 7.60. The van der Waals surface area contributed by atoms with Crippen molar-refractivity contribution in [2.75, 3.05) is 13.2 Å². The van der Waals surface area contributed by atoms with E-state index < -0.39 is 10.0 Å². The average Bonchev–Trinajstić information content (AvgIpc) is 2.25. The number of aliphatic hydroxyl groups excluding tert-OH is 1. The minimum absolute atomic E-state index is 0.0166. The van der Waals surface area contributed by atoms with Gasteiger partial charge in [0.05, 0.1) is 10.0 Å². The van der Waals surface area contributed by atoms with Crippen LogP contribution in [-0.4, -0.2) is 26.7 Å². The molecule has 1 rings (SSSR count). The van der Waals surface area contributed by atoms with Gasteiger partial charge in [0.2, 0.25) is 10.0 Å². The summed E-state index contributed by atoms with van der Waals surface area (Å²) in [5.41, 5.74) is 0. The van der Waals surface area contributed by atoms with Gasteiger partial charge in [-0.2, -0.15) is 0 Å². The monoisotopic (exact) mass is 389 g/mol. The van der Waals surface area contributed by atoms with E-state index >= 15 is 0 Å². The van der Waals surface area contributed by atoms with Crippen molar-refractivity contribution in [2.24, 2.45) is 5.92 Å². The van der Waals surface area contributed by atoms with Crippen LogP contribution in [-0.2, 0) is 10.0 Å². The van der Waals surface area contributed by atoms with Crippen LogP contribution < -0.4 is 4.72 Å². The van der Waals surface area contributed by atoms with Gasteiger partial charge < -0.3 is 5.11 Å². The predicted octanol–water partition coefficient (Wildman–Crippen LogP) is 3.05. The van der Waals surface area contributed by atoms with Crippen molar-refractivity contribution in [1.82, 2.24) is 4.72 Å². The molecule has 0 heterocycles. The molecule has 1 unspecified atom stereocenters. The molecule has 0 bridgehead atoms. The number of rotatable bonds is 6. The summed E-state index contributed by atoms with van der Waals surface area (Å²) in [7, 11) is -3.77. The van der Waals surface area contributed by atoms with Gasteiger partial charge in [0.1, 0.15) is 4.90 Å². The van der Waals surface area contributed by atoms with E-state index in [9.17, 15) is 8.42 Å². The third kappa shape index (κ3) is 4.88. The molecule has 0 spiro atoms. The van der Waals surface area contributed by atoms with Gasteiger partial charge in [-0.3, -0.25) is 0 Å². The van der Waals surface area contributed by atoms with E-state index in [0.717, 1.165) is 0 Å². The molecule has 1 aromatic rings. The lowest BCUT2D eigenvalue weighted by Crippen LogP contribution is -2.29. The van der Waals surface area contributed by atoms with E-state index in [-0.39, 0.29) is 34.0 Å². The fourth-order valence-electron chi connectivity index (χ4n) is 1.43. The average molecular weight is 391 g/mol. The highest BCUT2D eigenvalue weighted by Crippen LogP contribution is 2.32. The standard InChI is InChI=1S/C11H14BrCl2NO3S/c1-7(2-3-16)6-15-19(17,18)11-9(13)4-8(12)5-10(11)14/h4-5,7,15-16H,2-3,6H2,1H3. The fraction of sp³-hybridized carbons (Fsp3) is 0.455. The lowest BCUT2D eigenvalue weighted by molar-refractivity contribution is 0.263. The topological polar surface area (TPSA) is 66.4 Å². The van der Waals surface area contributed by atoms with E-state index in [1.54, 1.807) is 0 Å². The molecule has 1 atom stereocenters. The molecule has 1 aromatic carbocycles. The van der Waals surface area contributed by atoms with E-state index in [2.05, 4.69) is 20.7 Å². The quantitative estimate of drug-likeness (QED) is 0.784. The summed E-state index contributed by atoms with van der Waals surface area (Å²) in [5.74, 6) is 0.0211. The van der Waals surface area contributed by atoms with Crippen molar-refractivity contribution in [1.29, 1.82) is 0 Å². The molecule has 19 heavy (non-hydrogen) atoms. The third-order valence-electron chi connectivity index (χ3n) is 2.48. The van der Waals surface area contributed by atoms with Crippen LogP contribution in [0.2, 0.25) is 10.0 Å². The van der Waals surface area contributed by atoms with Crippen LogP contribution in [0.4, 0.5) is 0 Å². The van der Waals surface area contributed by atoms with E-state index in [4.69, 9.17) is 28.3 Å². The van der Waals surface area contributed by atoms with Crippen LogP contribution in [0.3, 0.4) is 0 Å². The first-order valence-corrected chi connectivity index (χ1v) is 8.56. The van der Waals surface area contributed by atoms with Crippen molar-refractivity contribution in [3.8, 4) is 0 Å². The zero-order valence-corrected chi connectivity index (χ0v) is 14.1. The van der Waals surface area contributed by atoms with Crippen molar-refractivity contribution in [2.45, 2.75) is 18.2 Å². The predicted molar refractivity (Wildman–Crippen MR) is 80.2 cm³/mol. The zero-order valence-electron chi connectivity index (χ0n) is 10.2. The molecule has 0 amide bonds. The Morgan fingerprint density at radius 3 is 2.37 bits per heavy atom. The van der Waals surface area contributed by atoms with Crippen molar-refractivity contribution < 1.29 is 13.5 Å². The zero-order chi connectivity index (χ0) is 14.6. The summed E-state index contributed by atoms with van der Waals surface area (Å²) in [4.78, 5) is -0.129. The smallest absolute Gasteiger partial charge is 0.243 e. The Morgan fingerprint density at radius 2 is 1.89 bits per heavy atom. The third-order valence-corrected chi connectivity index (χ3v) is 5.28. The largest absolute Gasteiger partial charge is 0.396 e. The first-order valence-electron chi connectivity index (χ1n) is 5.53. The van der Waals surface area contributed by atoms with Gasteiger partial charge in [0.15, 0.2) is 0 Å². The van der Waals surface area contributed by atoms with Crippen molar-refractivity contribution in [3.05, 3.63) is 26.7 Å². The molecule has 0 radical (unpaired) electrons. The number of benzene rings is 1. The van der Waals surface area contributed by atoms with Gasteiger partial charge in [-0.25, -0.2) is 13.1 Å². The van der Waals surface area contributed by atoms with Gasteiger partial charge in [0, 0.05) is 17.6 Å². The summed E-state index contributed by atoms with van der Waals surface area (Å²) >= 11 is 15.0. The van der Waals surface area contributed by atoms with Crippen LogP contribution >= 0.6 is 39.1 Å². The maximum Gasteiger partial charge on any atom is 0.243 e. The Morgan fingerprint density at radius 1 is 1.37 bits per heavy atom. The second-order valence-electron chi connectivity index (χ2n) is 4.17. The minimum atomic E-state index is -3.77. The molecule has 0 aliphatic rings. The molecule has 0 aliphatic heterocycles. The molecule has 0 saturated heterocycles. The maximum atomic E-state index is 12.1. The van der Waals surface area contributed by atoms with Gasteiger partial charge in [-0.05, 0) is 24.5 Å². The molecule has 0 saturated carbocycles. The van der Waals surface area contributed by atoms with Crippen LogP contribution in [0.15, 0.2) is 21.5 Å². The van der Waals surface area contributed by atoms with Crippen molar-refractivity contribution >= 4 is 49.2 Å². The van der Waals surface area contributed by atoms with Crippen LogP contribution in [0.1, 0.15) is 13.3 Å². The van der Waals surface area contributed by atoms with Gasteiger partial charge >= 0.3 is 0 Å². The summed E-state index contributed by atoms with van der Waals surface area (Å²) in [6.45, 7) is 2.07. The van der Waals surface area contributed by atoms with E-state index in [1.807, 2.05) is 6.92 Å². The molecule has 0 fully saturated rings. The van der Waals surface area contributed by atoms with Gasteiger partial charge in [-0.15, -0.1) is 0 Å². The number of hydrogen-bond donors (Lipinski definition) is 2. The molecule has 2 N–H and O–H groups in total. The molecule has 108 valence electrons. The Bertz CT molecular complexity index is 528. The Hall–Kier alpha value is 0.150. The molecule has 4 nitrogen and oxygen atoms in total. The van der Waals surface area contributed by atoms with Gasteiger partial charge in [0.25, 0.3) is 0 Å². The van der Waals surface area contributed by atoms with Crippen LogP contribution in [0.25, 0.3) is 0 Å². The van der Waals surface area contributed by atoms with Gasteiger partial charge in [-0.1, -0.05) is 46.1 Å². The molecular formula is C11H14BrCl2NO3S. The molecule has 0 aromatic heterocycles. The highest BCUT2D eigenvalue weighted by atomic mass is 79.9. The SMILES string of the molecule is CC(CCO)CNS(=O)(=O)c1c(Cl)cc(Br)cc1Cl. The summed E-state index contributed by atoms with van der Waals surface area (Å²) in [6, 6.07) is 2.94. The summed E-state index contributed by atoms with van der Waals surface area (Å²) < 4.78 is 27.3. The second kappa shape index (κ2) is 7.24. The first-order chi connectivity index (χ1) is 8.77. The van der Waals surface area contributed by atoms with Crippen molar-refractivity contribution in [3.63, 3.8) is 0 Å². The number of nitrogens with one attached hydrogen (secondary N) is 1. The number of aliphatic hydroxyl groups is 1. The first kappa shape index (κ1) is 17.2. The highest BCUT2D eigenvalue weighted by molar-refractivity contribution is 9.10. The lowest BCUT2D eigenvalue weighted by atomic mass is 10.1. The number of halogens is 3. The molecular weight excluding hydrogens is 377 g/mol.